The largest absolute Gasteiger partial charge is 0.493 e. The molecule has 4 aliphatic rings. The second kappa shape index (κ2) is 8.67. The Kier molecular flexibility index (Phi) is 5.99. The van der Waals surface area contributed by atoms with E-state index in [9.17, 15) is 9.59 Å². The Hall–Kier alpha value is -2.55. The Morgan fingerprint density at radius 3 is 2.37 bits per heavy atom. The maximum absolute atomic E-state index is 13.2. The summed E-state index contributed by atoms with van der Waals surface area (Å²) in [6, 6.07) is 9.08. The van der Waals surface area contributed by atoms with Crippen molar-refractivity contribution < 1.29 is 19.1 Å². The normalized spacial score (nSPS) is 28.6. The first-order valence-electron chi connectivity index (χ1n) is 11.1. The van der Waals surface area contributed by atoms with Crippen LogP contribution in [0.2, 0.25) is 0 Å². The van der Waals surface area contributed by atoms with Gasteiger partial charge in [-0.2, -0.15) is 5.26 Å². The second-order valence-electron chi connectivity index (χ2n) is 9.10. The highest BCUT2D eigenvalue weighted by Gasteiger charge is 2.54. The Labute approximate surface area is 178 Å². The predicted molar refractivity (Wildman–Crippen MR) is 111 cm³/mol. The highest BCUT2D eigenvalue weighted by Crippen LogP contribution is 2.57. The Morgan fingerprint density at radius 2 is 1.77 bits per heavy atom. The van der Waals surface area contributed by atoms with Crippen LogP contribution in [-0.4, -0.2) is 42.1 Å². The zero-order valence-electron chi connectivity index (χ0n) is 17.6. The molecule has 0 aromatic heterocycles. The number of carbonyl (C=O) groups is 2. The monoisotopic (exact) mass is 410 g/mol. The fourth-order valence-electron chi connectivity index (χ4n) is 6.38. The van der Waals surface area contributed by atoms with Gasteiger partial charge in [0.15, 0.2) is 6.61 Å². The van der Waals surface area contributed by atoms with Crippen LogP contribution in [0.4, 0.5) is 0 Å². The minimum Gasteiger partial charge on any atom is -0.493 e. The summed E-state index contributed by atoms with van der Waals surface area (Å²) in [6.45, 7) is 2.41. The maximum atomic E-state index is 13.2. The van der Waals surface area contributed by atoms with Crippen molar-refractivity contribution in [2.45, 2.75) is 57.4 Å². The van der Waals surface area contributed by atoms with Crippen LogP contribution in [0.1, 0.15) is 62.2 Å². The molecule has 4 fully saturated rings. The number of hydrogen-bond acceptors (Lipinski definition) is 5. The molecule has 0 N–H and O–H groups in total. The Morgan fingerprint density at radius 1 is 1.13 bits per heavy atom. The van der Waals surface area contributed by atoms with E-state index < -0.39 is 5.97 Å². The quantitative estimate of drug-likeness (QED) is 0.606. The van der Waals surface area contributed by atoms with Crippen molar-refractivity contribution in [2.75, 3.05) is 19.8 Å². The van der Waals surface area contributed by atoms with Gasteiger partial charge >= 0.3 is 5.97 Å². The number of benzene rings is 1. The van der Waals surface area contributed by atoms with Crippen molar-refractivity contribution in [1.82, 2.24) is 4.90 Å². The van der Waals surface area contributed by atoms with Gasteiger partial charge in [0.2, 0.25) is 0 Å². The van der Waals surface area contributed by atoms with Crippen LogP contribution < -0.4 is 4.74 Å². The molecule has 4 saturated carbocycles. The number of nitriles is 1. The van der Waals surface area contributed by atoms with Gasteiger partial charge in [0, 0.05) is 12.1 Å². The molecule has 0 atom stereocenters. The molecule has 1 aromatic rings. The lowest BCUT2D eigenvalue weighted by Gasteiger charge is -2.60. The number of esters is 1. The SMILES string of the molecule is CCOc1ccccc1C(=O)OCC(=O)N(CCC#N)C12CC3CC(CC(C3)C1)C2. The fourth-order valence-corrected chi connectivity index (χ4v) is 6.38. The smallest absolute Gasteiger partial charge is 0.342 e. The first kappa shape index (κ1) is 20.7. The van der Waals surface area contributed by atoms with Gasteiger partial charge in [-0.05, 0) is 75.3 Å². The third-order valence-corrected chi connectivity index (χ3v) is 7.06. The van der Waals surface area contributed by atoms with E-state index in [-0.39, 0.29) is 18.1 Å². The number of nitrogens with zero attached hydrogens (tertiary/aromatic N) is 2. The summed E-state index contributed by atoms with van der Waals surface area (Å²) in [7, 11) is 0. The molecule has 30 heavy (non-hydrogen) atoms. The van der Waals surface area contributed by atoms with Crippen LogP contribution in [0.25, 0.3) is 0 Å². The average molecular weight is 411 g/mol. The molecule has 4 bridgehead atoms. The highest BCUT2D eigenvalue weighted by molar-refractivity contribution is 5.94. The van der Waals surface area contributed by atoms with Crippen molar-refractivity contribution in [2.24, 2.45) is 17.8 Å². The lowest BCUT2D eigenvalue weighted by molar-refractivity contribution is -0.153. The zero-order valence-corrected chi connectivity index (χ0v) is 17.6. The number of rotatable bonds is 8. The highest BCUT2D eigenvalue weighted by atomic mass is 16.5. The third kappa shape index (κ3) is 4.03. The van der Waals surface area contributed by atoms with Crippen molar-refractivity contribution in [3.8, 4) is 11.8 Å². The molecule has 0 saturated heterocycles. The number of hydrogen-bond donors (Lipinski definition) is 0. The summed E-state index contributed by atoms with van der Waals surface area (Å²) in [5.41, 5.74) is 0.170. The van der Waals surface area contributed by atoms with Crippen molar-refractivity contribution in [1.29, 1.82) is 5.26 Å². The fraction of sp³-hybridized carbons (Fsp3) is 0.625. The van der Waals surface area contributed by atoms with E-state index >= 15 is 0 Å². The molecule has 0 radical (unpaired) electrons. The van der Waals surface area contributed by atoms with Crippen LogP contribution in [0, 0.1) is 29.1 Å². The molecule has 0 spiro atoms. The van der Waals surface area contributed by atoms with E-state index in [1.165, 1.54) is 19.3 Å². The molecule has 6 nitrogen and oxygen atoms in total. The number of amides is 1. The minimum absolute atomic E-state index is 0.154. The maximum Gasteiger partial charge on any atom is 0.342 e. The standard InChI is InChI=1S/C24H30N2O4/c1-2-29-21-7-4-3-6-20(21)23(28)30-16-22(27)26(9-5-8-25)24-13-17-10-18(14-24)12-19(11-17)15-24/h3-4,6-7,17-19H,2,5,9-16H2,1H3. The van der Waals surface area contributed by atoms with Crippen LogP contribution in [0.5, 0.6) is 5.75 Å². The van der Waals surface area contributed by atoms with Crippen LogP contribution >= 0.6 is 0 Å². The molecule has 0 heterocycles. The molecule has 5 rings (SSSR count). The molecule has 4 aliphatic carbocycles. The second-order valence-corrected chi connectivity index (χ2v) is 9.10. The third-order valence-electron chi connectivity index (χ3n) is 7.06. The Balaban J connectivity index is 1.46. The molecule has 0 unspecified atom stereocenters. The summed E-state index contributed by atoms with van der Waals surface area (Å²) >= 11 is 0. The van der Waals surface area contributed by atoms with E-state index in [1.807, 2.05) is 11.8 Å². The number of ether oxygens (including phenoxy) is 2. The summed E-state index contributed by atoms with van der Waals surface area (Å²) in [6.07, 6.45) is 7.22. The van der Waals surface area contributed by atoms with E-state index in [0.717, 1.165) is 19.3 Å². The summed E-state index contributed by atoms with van der Waals surface area (Å²) in [4.78, 5) is 27.7. The minimum atomic E-state index is -0.557. The molecule has 1 aromatic carbocycles. The van der Waals surface area contributed by atoms with E-state index in [4.69, 9.17) is 14.7 Å². The van der Waals surface area contributed by atoms with Crippen molar-refractivity contribution in [3.63, 3.8) is 0 Å². The molecular weight excluding hydrogens is 380 g/mol. The number of carbonyl (C=O) groups excluding carboxylic acids is 2. The summed E-state index contributed by atoms with van der Waals surface area (Å²) < 4.78 is 10.9. The molecule has 160 valence electrons. The topological polar surface area (TPSA) is 79.6 Å². The van der Waals surface area contributed by atoms with Gasteiger partial charge in [-0.15, -0.1) is 0 Å². The predicted octanol–water partition coefficient (Wildman–Crippen LogP) is 3.95. The summed E-state index contributed by atoms with van der Waals surface area (Å²) in [5.74, 6) is 1.78. The van der Waals surface area contributed by atoms with Gasteiger partial charge in [0.25, 0.3) is 5.91 Å². The Bertz CT molecular complexity index is 809. The first-order valence-corrected chi connectivity index (χ1v) is 11.1. The molecule has 6 heteroatoms. The van der Waals surface area contributed by atoms with E-state index in [0.29, 0.717) is 48.6 Å². The van der Waals surface area contributed by atoms with E-state index in [2.05, 4.69) is 6.07 Å². The zero-order chi connectivity index (χ0) is 21.1. The van der Waals surface area contributed by atoms with Gasteiger partial charge < -0.3 is 14.4 Å². The lowest BCUT2D eigenvalue weighted by Crippen LogP contribution is -2.62. The van der Waals surface area contributed by atoms with Crippen LogP contribution in [0.3, 0.4) is 0 Å². The first-order chi connectivity index (χ1) is 14.5. The van der Waals surface area contributed by atoms with Gasteiger partial charge in [-0.3, -0.25) is 4.79 Å². The van der Waals surface area contributed by atoms with Crippen LogP contribution in [0.15, 0.2) is 24.3 Å². The lowest BCUT2D eigenvalue weighted by atomic mass is 9.52. The van der Waals surface area contributed by atoms with Crippen LogP contribution in [-0.2, 0) is 9.53 Å². The summed E-state index contributed by atoms with van der Waals surface area (Å²) in [5, 5.41) is 9.14. The van der Waals surface area contributed by atoms with Crippen molar-refractivity contribution in [3.05, 3.63) is 29.8 Å². The molecular formula is C24H30N2O4. The van der Waals surface area contributed by atoms with Gasteiger partial charge in [0.05, 0.1) is 19.1 Å². The molecule has 1 amide bonds. The van der Waals surface area contributed by atoms with Crippen molar-refractivity contribution >= 4 is 11.9 Å². The average Bonchev–Trinajstić information content (AvgIpc) is 2.72. The van der Waals surface area contributed by atoms with E-state index in [1.54, 1.807) is 24.3 Å². The molecule has 0 aliphatic heterocycles. The van der Waals surface area contributed by atoms with Gasteiger partial charge in [0.1, 0.15) is 11.3 Å². The van der Waals surface area contributed by atoms with Gasteiger partial charge in [-0.1, -0.05) is 12.1 Å². The number of para-hydroxylation sites is 1. The van der Waals surface area contributed by atoms with Gasteiger partial charge in [-0.25, -0.2) is 4.79 Å².